The molecule has 4 rings (SSSR count). The highest BCUT2D eigenvalue weighted by molar-refractivity contribution is 7.10. The molecule has 2 aromatic carbocycles. The first kappa shape index (κ1) is 23.7. The van der Waals surface area contributed by atoms with Gasteiger partial charge in [0, 0.05) is 29.2 Å². The van der Waals surface area contributed by atoms with E-state index in [2.05, 4.69) is 22.6 Å². The number of carbonyl (C=O) groups excluding carboxylic acids is 2. The minimum absolute atomic E-state index is 0.183. The zero-order valence-electron chi connectivity index (χ0n) is 19.4. The van der Waals surface area contributed by atoms with Crippen LogP contribution in [0.15, 0.2) is 71.7 Å². The largest absolute Gasteiger partial charge is 0.490 e. The highest BCUT2D eigenvalue weighted by Gasteiger charge is 2.19. The van der Waals surface area contributed by atoms with Gasteiger partial charge in [-0.25, -0.2) is 0 Å². The number of likely N-dealkylation sites (tertiary alicyclic amines) is 1. The number of piperidine rings is 1. The van der Waals surface area contributed by atoms with E-state index < -0.39 is 0 Å². The molecular weight excluding hydrogens is 446 g/mol. The van der Waals surface area contributed by atoms with Crippen LogP contribution in [-0.2, 0) is 4.79 Å². The van der Waals surface area contributed by atoms with Crippen LogP contribution >= 0.6 is 11.3 Å². The van der Waals surface area contributed by atoms with Crippen LogP contribution in [0.4, 0.5) is 5.69 Å². The van der Waals surface area contributed by atoms with Gasteiger partial charge in [-0.1, -0.05) is 24.3 Å². The second kappa shape index (κ2) is 11.1. The summed E-state index contributed by atoms with van der Waals surface area (Å²) in [7, 11) is 2.12. The quantitative estimate of drug-likeness (QED) is 0.475. The van der Waals surface area contributed by atoms with Crippen molar-refractivity contribution in [2.75, 3.05) is 25.5 Å². The molecule has 0 bridgehead atoms. The van der Waals surface area contributed by atoms with Crippen molar-refractivity contribution in [3.63, 3.8) is 0 Å². The van der Waals surface area contributed by atoms with Gasteiger partial charge < -0.3 is 20.3 Å². The molecule has 176 valence electrons. The fourth-order valence-electron chi connectivity index (χ4n) is 3.80. The number of nitrogens with one attached hydrogen (secondary N) is 2. The van der Waals surface area contributed by atoms with Crippen molar-refractivity contribution in [2.45, 2.75) is 25.9 Å². The summed E-state index contributed by atoms with van der Waals surface area (Å²) in [5, 5.41) is 7.60. The molecule has 34 heavy (non-hydrogen) atoms. The van der Waals surface area contributed by atoms with E-state index in [9.17, 15) is 9.59 Å². The molecule has 2 N–H and O–H groups in total. The van der Waals surface area contributed by atoms with Gasteiger partial charge in [-0.05, 0) is 80.2 Å². The number of hydrogen-bond acceptors (Lipinski definition) is 5. The van der Waals surface area contributed by atoms with Crippen molar-refractivity contribution in [1.29, 1.82) is 0 Å². The van der Waals surface area contributed by atoms with Crippen molar-refractivity contribution in [1.82, 2.24) is 10.2 Å². The SMILES string of the molecule is Cc1ccccc1C(=O)N/C(=C\c1cccs1)C(=O)Nc1ccc(OC2CCN(C)CC2)cc1. The van der Waals surface area contributed by atoms with Crippen molar-refractivity contribution in [2.24, 2.45) is 0 Å². The minimum Gasteiger partial charge on any atom is -0.490 e. The van der Waals surface area contributed by atoms with E-state index in [0.29, 0.717) is 11.3 Å². The van der Waals surface area contributed by atoms with Crippen LogP contribution in [0.25, 0.3) is 6.08 Å². The molecule has 2 heterocycles. The molecule has 0 radical (unpaired) electrons. The number of rotatable bonds is 7. The first-order valence-corrected chi connectivity index (χ1v) is 12.2. The van der Waals surface area contributed by atoms with Gasteiger partial charge in [0.1, 0.15) is 17.6 Å². The summed E-state index contributed by atoms with van der Waals surface area (Å²) in [6, 6.07) is 18.4. The van der Waals surface area contributed by atoms with Gasteiger partial charge in [0.25, 0.3) is 11.8 Å². The number of anilines is 1. The lowest BCUT2D eigenvalue weighted by molar-refractivity contribution is -0.113. The Morgan fingerprint density at radius 2 is 1.76 bits per heavy atom. The lowest BCUT2D eigenvalue weighted by Crippen LogP contribution is -2.35. The number of nitrogens with zero attached hydrogens (tertiary/aromatic N) is 1. The second-order valence-electron chi connectivity index (χ2n) is 8.44. The Kier molecular flexibility index (Phi) is 7.77. The molecule has 3 aromatic rings. The molecule has 0 atom stereocenters. The Hall–Kier alpha value is -3.42. The monoisotopic (exact) mass is 475 g/mol. The van der Waals surface area contributed by atoms with Gasteiger partial charge in [-0.2, -0.15) is 0 Å². The number of amides is 2. The molecule has 0 aliphatic carbocycles. The van der Waals surface area contributed by atoms with E-state index in [1.54, 1.807) is 18.2 Å². The van der Waals surface area contributed by atoms with Gasteiger partial charge in [0.2, 0.25) is 0 Å². The van der Waals surface area contributed by atoms with Crippen molar-refractivity contribution in [3.05, 3.63) is 87.7 Å². The lowest BCUT2D eigenvalue weighted by atomic mass is 10.1. The number of thiophene rings is 1. The summed E-state index contributed by atoms with van der Waals surface area (Å²) < 4.78 is 6.09. The predicted molar refractivity (Wildman–Crippen MR) is 137 cm³/mol. The number of benzene rings is 2. The van der Waals surface area contributed by atoms with Crippen LogP contribution in [0.1, 0.15) is 33.6 Å². The van der Waals surface area contributed by atoms with Crippen LogP contribution in [0.3, 0.4) is 0 Å². The summed E-state index contributed by atoms with van der Waals surface area (Å²) in [5.41, 5.74) is 2.18. The third-order valence-corrected chi connectivity index (χ3v) is 6.61. The van der Waals surface area contributed by atoms with Crippen LogP contribution in [0.5, 0.6) is 5.75 Å². The molecule has 0 unspecified atom stereocenters. The first-order chi connectivity index (χ1) is 16.5. The van der Waals surface area contributed by atoms with Crippen LogP contribution in [0, 0.1) is 6.92 Å². The Balaban J connectivity index is 1.44. The van der Waals surface area contributed by atoms with Gasteiger partial charge in [0.05, 0.1) is 0 Å². The number of hydrogen-bond donors (Lipinski definition) is 2. The Morgan fingerprint density at radius 1 is 1.03 bits per heavy atom. The summed E-state index contributed by atoms with van der Waals surface area (Å²) >= 11 is 1.49. The van der Waals surface area contributed by atoms with E-state index in [1.807, 2.05) is 60.8 Å². The van der Waals surface area contributed by atoms with Crippen molar-refractivity contribution in [3.8, 4) is 5.75 Å². The first-order valence-electron chi connectivity index (χ1n) is 11.4. The molecule has 0 saturated carbocycles. The van der Waals surface area contributed by atoms with Gasteiger partial charge in [-0.15, -0.1) is 11.3 Å². The van der Waals surface area contributed by atoms with Crippen molar-refractivity contribution >= 4 is 34.9 Å². The topological polar surface area (TPSA) is 70.7 Å². The van der Waals surface area contributed by atoms with Gasteiger partial charge in [0.15, 0.2) is 0 Å². The summed E-state index contributed by atoms with van der Waals surface area (Å²) in [5.74, 6) is 0.0759. The average Bonchev–Trinajstić information content (AvgIpc) is 3.35. The van der Waals surface area contributed by atoms with E-state index in [-0.39, 0.29) is 23.6 Å². The van der Waals surface area contributed by atoms with E-state index in [1.165, 1.54) is 11.3 Å². The molecule has 6 nitrogen and oxygen atoms in total. The Morgan fingerprint density at radius 3 is 2.44 bits per heavy atom. The van der Waals surface area contributed by atoms with Crippen LogP contribution in [-0.4, -0.2) is 43.0 Å². The molecule has 2 amide bonds. The van der Waals surface area contributed by atoms with E-state index in [4.69, 9.17) is 4.74 Å². The second-order valence-corrected chi connectivity index (χ2v) is 9.42. The number of ether oxygens (including phenoxy) is 1. The van der Waals surface area contributed by atoms with Gasteiger partial charge >= 0.3 is 0 Å². The Labute approximate surface area is 204 Å². The maximum absolute atomic E-state index is 13.1. The standard InChI is InChI=1S/C27H29N3O3S/c1-19-6-3-4-8-24(19)26(31)29-25(18-23-7-5-17-34-23)27(32)28-20-9-11-21(12-10-20)33-22-13-15-30(2)16-14-22/h3-12,17-18,22H,13-16H2,1-2H3,(H,28,32)(H,29,31)/b25-18-. The molecule has 0 spiro atoms. The van der Waals surface area contributed by atoms with Crippen molar-refractivity contribution < 1.29 is 14.3 Å². The zero-order valence-corrected chi connectivity index (χ0v) is 20.2. The molecular formula is C27H29N3O3S. The third kappa shape index (κ3) is 6.34. The lowest BCUT2D eigenvalue weighted by Gasteiger charge is -2.29. The minimum atomic E-state index is -0.390. The maximum Gasteiger partial charge on any atom is 0.272 e. The van der Waals surface area contributed by atoms with Crippen LogP contribution in [0.2, 0.25) is 0 Å². The summed E-state index contributed by atoms with van der Waals surface area (Å²) in [4.78, 5) is 29.1. The number of carbonyl (C=O) groups is 2. The smallest absolute Gasteiger partial charge is 0.272 e. The molecule has 7 heteroatoms. The molecule has 1 fully saturated rings. The molecule has 1 aromatic heterocycles. The highest BCUT2D eigenvalue weighted by Crippen LogP contribution is 2.21. The normalized spacial score (nSPS) is 15.1. The highest BCUT2D eigenvalue weighted by atomic mass is 32.1. The predicted octanol–water partition coefficient (Wildman–Crippen LogP) is 4.94. The zero-order chi connectivity index (χ0) is 23.9. The molecule has 1 saturated heterocycles. The van der Waals surface area contributed by atoms with E-state index in [0.717, 1.165) is 42.1 Å². The third-order valence-electron chi connectivity index (χ3n) is 5.79. The summed E-state index contributed by atoms with van der Waals surface area (Å²) in [6.07, 6.45) is 3.92. The fraction of sp³-hybridized carbons (Fsp3) is 0.259. The fourth-order valence-corrected chi connectivity index (χ4v) is 4.46. The van der Waals surface area contributed by atoms with Crippen LogP contribution < -0.4 is 15.4 Å². The average molecular weight is 476 g/mol. The maximum atomic E-state index is 13.1. The number of aryl methyl sites for hydroxylation is 1. The molecule has 1 aliphatic rings. The Bertz CT molecular complexity index is 1150. The van der Waals surface area contributed by atoms with E-state index >= 15 is 0 Å². The van der Waals surface area contributed by atoms with Gasteiger partial charge in [-0.3, -0.25) is 9.59 Å². The molecule has 1 aliphatic heterocycles. The summed E-state index contributed by atoms with van der Waals surface area (Å²) in [6.45, 7) is 3.94.